The van der Waals surface area contributed by atoms with Crippen molar-refractivity contribution < 1.29 is 18.0 Å². The van der Waals surface area contributed by atoms with E-state index in [0.29, 0.717) is 24.8 Å². The molecule has 3 heterocycles. The zero-order valence-corrected chi connectivity index (χ0v) is 21.8. The maximum Gasteiger partial charge on any atom is 0.416 e. The lowest BCUT2D eigenvalue weighted by Crippen LogP contribution is -2.41. The third-order valence-corrected chi connectivity index (χ3v) is 6.45. The van der Waals surface area contributed by atoms with Crippen molar-refractivity contribution in [1.29, 1.82) is 0 Å². The van der Waals surface area contributed by atoms with Crippen LogP contribution in [0.3, 0.4) is 0 Å². The summed E-state index contributed by atoms with van der Waals surface area (Å²) in [5.41, 5.74) is 3.21. The van der Waals surface area contributed by atoms with Crippen LogP contribution in [0.5, 0.6) is 0 Å². The summed E-state index contributed by atoms with van der Waals surface area (Å²) in [4.78, 5) is 26.1. The van der Waals surface area contributed by atoms with Gasteiger partial charge in [0.2, 0.25) is 5.95 Å². The third kappa shape index (κ3) is 5.49. The van der Waals surface area contributed by atoms with Gasteiger partial charge in [0, 0.05) is 55.4 Å². The van der Waals surface area contributed by atoms with Gasteiger partial charge in [-0.3, -0.25) is 9.48 Å². The molecule has 4 aromatic rings. The first-order chi connectivity index (χ1) is 18.5. The Kier molecular flexibility index (Phi) is 6.62. The molecule has 0 bridgehead atoms. The summed E-state index contributed by atoms with van der Waals surface area (Å²) in [5, 5.41) is 10.3. The van der Waals surface area contributed by atoms with Crippen molar-refractivity contribution in [2.24, 2.45) is 7.05 Å². The molecule has 1 amide bonds. The van der Waals surface area contributed by atoms with Crippen LogP contribution in [-0.4, -0.2) is 39.4 Å². The molecule has 1 aliphatic heterocycles. The van der Waals surface area contributed by atoms with Crippen LogP contribution in [0.15, 0.2) is 54.7 Å². The molecule has 39 heavy (non-hydrogen) atoms. The van der Waals surface area contributed by atoms with E-state index in [9.17, 15) is 18.0 Å². The zero-order chi connectivity index (χ0) is 27.9. The maximum absolute atomic E-state index is 13.1. The highest BCUT2D eigenvalue weighted by Gasteiger charge is 2.31. The number of benzene rings is 2. The van der Waals surface area contributed by atoms with Crippen LogP contribution in [0.1, 0.15) is 32.7 Å². The van der Waals surface area contributed by atoms with Crippen molar-refractivity contribution in [2.45, 2.75) is 26.6 Å². The molecule has 9 nitrogen and oxygen atoms in total. The van der Waals surface area contributed by atoms with Gasteiger partial charge in [-0.15, -0.1) is 0 Å². The molecule has 0 radical (unpaired) electrons. The highest BCUT2D eigenvalue weighted by atomic mass is 19.4. The Morgan fingerprint density at radius 2 is 1.85 bits per heavy atom. The number of fused-ring (bicyclic) bond motifs is 1. The Balaban J connectivity index is 1.34. The molecule has 0 atom stereocenters. The van der Waals surface area contributed by atoms with Gasteiger partial charge in [-0.25, -0.2) is 4.98 Å². The first-order valence-corrected chi connectivity index (χ1v) is 12.2. The summed E-state index contributed by atoms with van der Waals surface area (Å²) >= 11 is 0. The number of carbonyl (C=O) groups is 1. The summed E-state index contributed by atoms with van der Waals surface area (Å²) in [7, 11) is 3.78. The second-order valence-corrected chi connectivity index (χ2v) is 9.53. The molecule has 0 aliphatic carbocycles. The molecule has 2 aromatic carbocycles. The lowest BCUT2D eigenvalue weighted by molar-refractivity contribution is -0.137. The molecule has 0 unspecified atom stereocenters. The number of anilines is 5. The van der Waals surface area contributed by atoms with Crippen molar-refractivity contribution in [2.75, 3.05) is 34.1 Å². The summed E-state index contributed by atoms with van der Waals surface area (Å²) in [6.07, 6.45) is -2.74. The zero-order valence-electron chi connectivity index (χ0n) is 21.8. The first-order valence-electron chi connectivity index (χ1n) is 12.2. The molecule has 12 heteroatoms. The van der Waals surface area contributed by atoms with E-state index >= 15 is 0 Å². The first kappa shape index (κ1) is 26.0. The normalized spacial score (nSPS) is 13.3. The lowest BCUT2D eigenvalue weighted by Gasteiger charge is -2.37. The molecule has 1 aliphatic rings. The predicted octanol–water partition coefficient (Wildman–Crippen LogP) is 5.26. The number of rotatable bonds is 5. The molecule has 2 N–H and O–H groups in total. The van der Waals surface area contributed by atoms with Gasteiger partial charge in [0.05, 0.1) is 17.9 Å². The summed E-state index contributed by atoms with van der Waals surface area (Å²) in [6, 6.07) is 11.7. The molecule has 202 valence electrons. The fraction of sp³-hybridized carbons (Fsp3) is 0.259. The number of nitrogens with zero attached hydrogens (tertiary/aromatic N) is 6. The number of hydrogen-bond acceptors (Lipinski definition) is 7. The van der Waals surface area contributed by atoms with Crippen LogP contribution in [0.4, 0.5) is 42.1 Å². The van der Waals surface area contributed by atoms with Gasteiger partial charge < -0.3 is 20.4 Å². The van der Waals surface area contributed by atoms with Crippen molar-refractivity contribution >= 4 is 34.9 Å². The number of amides is 1. The molecule has 0 spiro atoms. The van der Waals surface area contributed by atoms with Gasteiger partial charge in [-0.05, 0) is 49.7 Å². The van der Waals surface area contributed by atoms with Crippen LogP contribution in [0, 0.1) is 13.8 Å². The molecule has 0 fully saturated rings. The largest absolute Gasteiger partial charge is 0.416 e. The van der Waals surface area contributed by atoms with Gasteiger partial charge in [-0.1, -0.05) is 12.1 Å². The monoisotopic (exact) mass is 536 g/mol. The average Bonchev–Trinajstić information content (AvgIpc) is 3.21. The number of halogens is 3. The van der Waals surface area contributed by atoms with E-state index in [1.165, 1.54) is 12.1 Å². The van der Waals surface area contributed by atoms with Gasteiger partial charge >= 0.3 is 6.18 Å². The second kappa shape index (κ2) is 9.93. The smallest absolute Gasteiger partial charge is 0.349 e. The Morgan fingerprint density at radius 1 is 1.05 bits per heavy atom. The lowest BCUT2D eigenvalue weighted by atomic mass is 10.1. The number of aromatic nitrogens is 4. The molecular formula is C27H27F3N8O. The van der Waals surface area contributed by atoms with Crippen molar-refractivity contribution in [3.8, 4) is 0 Å². The van der Waals surface area contributed by atoms with Crippen LogP contribution in [0.2, 0.25) is 0 Å². The van der Waals surface area contributed by atoms with E-state index in [1.54, 1.807) is 16.9 Å². The van der Waals surface area contributed by atoms with Crippen LogP contribution in [-0.2, 0) is 19.8 Å². The minimum Gasteiger partial charge on any atom is -0.349 e. The van der Waals surface area contributed by atoms with E-state index in [4.69, 9.17) is 4.98 Å². The molecule has 0 saturated carbocycles. The Hall–Kier alpha value is -4.61. The van der Waals surface area contributed by atoms with Gasteiger partial charge in [0.1, 0.15) is 11.6 Å². The number of nitrogens with one attached hydrogen (secondary N) is 2. The Morgan fingerprint density at radius 3 is 2.56 bits per heavy atom. The SMILES string of the molecule is Cc1cc(Nc2ncc3c(n2)N(C)CN(c2cc(NC(=O)c4cccc(C(F)(F)F)c4)ccc2C)C3)n(C)n1. The van der Waals surface area contributed by atoms with Crippen molar-refractivity contribution in [1.82, 2.24) is 19.7 Å². The number of alkyl halides is 3. The van der Waals surface area contributed by atoms with E-state index in [0.717, 1.165) is 46.3 Å². The van der Waals surface area contributed by atoms with Gasteiger partial charge in [0.25, 0.3) is 5.91 Å². The average molecular weight is 537 g/mol. The third-order valence-electron chi connectivity index (χ3n) is 6.45. The fourth-order valence-electron chi connectivity index (χ4n) is 4.55. The van der Waals surface area contributed by atoms with Gasteiger partial charge in [0.15, 0.2) is 0 Å². The van der Waals surface area contributed by atoms with E-state index in [2.05, 4.69) is 25.6 Å². The van der Waals surface area contributed by atoms with Crippen LogP contribution >= 0.6 is 0 Å². The van der Waals surface area contributed by atoms with E-state index in [1.807, 2.05) is 51.0 Å². The minimum atomic E-state index is -4.53. The standard InChI is InChI=1S/C27H27F3N8O/c1-16-8-9-21(32-25(39)18-6-5-7-20(11-18)27(28,29)30)12-22(16)38-14-19-13-31-26(34-24(19)36(3)15-38)33-23-10-17(2)35-37(23)4/h5-13H,14-15H2,1-4H3,(H,32,39)(H,31,33,34). The molecule has 2 aromatic heterocycles. The summed E-state index contributed by atoms with van der Waals surface area (Å²) in [5.74, 6) is 1.43. The van der Waals surface area contributed by atoms with Crippen molar-refractivity contribution in [3.05, 3.63) is 82.7 Å². The van der Waals surface area contributed by atoms with E-state index in [-0.39, 0.29) is 5.56 Å². The molecular weight excluding hydrogens is 509 g/mol. The van der Waals surface area contributed by atoms with Crippen LogP contribution < -0.4 is 20.4 Å². The maximum atomic E-state index is 13.1. The van der Waals surface area contributed by atoms with E-state index < -0.39 is 17.6 Å². The highest BCUT2D eigenvalue weighted by Crippen LogP contribution is 2.33. The summed E-state index contributed by atoms with van der Waals surface area (Å²) < 4.78 is 41.0. The topological polar surface area (TPSA) is 91.2 Å². The fourth-order valence-corrected chi connectivity index (χ4v) is 4.55. The number of aryl methyl sites for hydroxylation is 3. The minimum absolute atomic E-state index is 0.0681. The highest BCUT2D eigenvalue weighted by molar-refractivity contribution is 6.04. The Bertz CT molecular complexity index is 1550. The number of hydrogen-bond donors (Lipinski definition) is 2. The summed E-state index contributed by atoms with van der Waals surface area (Å²) in [6.45, 7) is 4.94. The Labute approximate surface area is 223 Å². The van der Waals surface area contributed by atoms with Gasteiger partial charge in [-0.2, -0.15) is 23.3 Å². The number of carbonyl (C=O) groups excluding carboxylic acids is 1. The quantitative estimate of drug-likeness (QED) is 0.360. The second-order valence-electron chi connectivity index (χ2n) is 9.53. The van der Waals surface area contributed by atoms with Crippen molar-refractivity contribution in [3.63, 3.8) is 0 Å². The molecule has 5 rings (SSSR count). The predicted molar refractivity (Wildman–Crippen MR) is 143 cm³/mol. The molecule has 0 saturated heterocycles. The van der Waals surface area contributed by atoms with Crippen LogP contribution in [0.25, 0.3) is 0 Å².